The highest BCUT2D eigenvalue weighted by atomic mass is 32.1. The monoisotopic (exact) mass is 411 g/mol. The number of benzene rings is 2. The molecule has 6 nitrogen and oxygen atoms in total. The fourth-order valence-electron chi connectivity index (χ4n) is 2.59. The minimum absolute atomic E-state index is 0.215. The molecule has 0 aliphatic carbocycles. The van der Waals surface area contributed by atoms with Gasteiger partial charge in [0.25, 0.3) is 0 Å². The second-order valence-corrected chi connectivity index (χ2v) is 8.12. The molecule has 152 valence electrons. The van der Waals surface area contributed by atoms with Crippen LogP contribution in [-0.4, -0.2) is 31.0 Å². The van der Waals surface area contributed by atoms with Crippen molar-refractivity contribution in [1.29, 1.82) is 0 Å². The molecule has 1 N–H and O–H groups in total. The minimum Gasteiger partial charge on any atom is -0.493 e. The molecular weight excluding hydrogens is 386 g/mol. The van der Waals surface area contributed by atoms with Crippen LogP contribution in [0.3, 0.4) is 0 Å². The van der Waals surface area contributed by atoms with E-state index >= 15 is 0 Å². The average molecular weight is 412 g/mol. The standard InChI is InChI=1S/C22H25N3O3S/c1-22(2,3)28-17-9-6-15(7-10-17)13-23-25-21-24-18(14-29-21)16-8-11-19(26-4)20(12-16)27-5/h6-14H,1-5H3,(H,24,25)/b23-13-. The van der Waals surface area contributed by atoms with Crippen molar-refractivity contribution in [2.45, 2.75) is 26.4 Å². The zero-order valence-corrected chi connectivity index (χ0v) is 18.0. The molecule has 0 saturated carbocycles. The number of thiazole rings is 1. The average Bonchev–Trinajstić information content (AvgIpc) is 3.16. The lowest BCUT2D eigenvalue weighted by Gasteiger charge is -2.21. The summed E-state index contributed by atoms with van der Waals surface area (Å²) in [5.41, 5.74) is 5.52. The van der Waals surface area contributed by atoms with Crippen LogP contribution < -0.4 is 19.6 Å². The number of ether oxygens (including phenoxy) is 3. The summed E-state index contributed by atoms with van der Waals surface area (Å²) in [5, 5.41) is 6.95. The smallest absolute Gasteiger partial charge is 0.203 e. The molecule has 0 aliphatic heterocycles. The molecular formula is C22H25N3O3S. The minimum atomic E-state index is -0.215. The summed E-state index contributed by atoms with van der Waals surface area (Å²) in [6.07, 6.45) is 1.75. The molecule has 0 fully saturated rings. The summed E-state index contributed by atoms with van der Waals surface area (Å²) in [6.45, 7) is 6.07. The van der Waals surface area contributed by atoms with Crippen LogP contribution >= 0.6 is 11.3 Å². The highest BCUT2D eigenvalue weighted by molar-refractivity contribution is 7.14. The van der Waals surface area contributed by atoms with Crippen molar-refractivity contribution in [3.8, 4) is 28.5 Å². The Kier molecular flexibility index (Phi) is 6.39. The second-order valence-electron chi connectivity index (χ2n) is 7.26. The van der Waals surface area contributed by atoms with Crippen molar-refractivity contribution in [2.75, 3.05) is 19.6 Å². The third-order valence-electron chi connectivity index (χ3n) is 3.86. The Morgan fingerprint density at radius 2 is 1.72 bits per heavy atom. The molecule has 0 bridgehead atoms. The van der Waals surface area contributed by atoms with Crippen molar-refractivity contribution in [2.24, 2.45) is 5.10 Å². The van der Waals surface area contributed by atoms with Gasteiger partial charge < -0.3 is 14.2 Å². The maximum Gasteiger partial charge on any atom is 0.203 e. The predicted molar refractivity (Wildman–Crippen MR) is 119 cm³/mol. The number of rotatable bonds is 7. The summed E-state index contributed by atoms with van der Waals surface area (Å²) < 4.78 is 16.5. The third-order valence-corrected chi connectivity index (χ3v) is 4.61. The Morgan fingerprint density at radius 3 is 2.38 bits per heavy atom. The fraction of sp³-hybridized carbons (Fsp3) is 0.273. The van der Waals surface area contributed by atoms with Gasteiger partial charge in [-0.3, -0.25) is 5.43 Å². The van der Waals surface area contributed by atoms with Gasteiger partial charge in [0.2, 0.25) is 5.13 Å². The molecule has 0 saturated heterocycles. The fourth-order valence-corrected chi connectivity index (χ4v) is 3.26. The molecule has 0 aliphatic rings. The van der Waals surface area contributed by atoms with E-state index in [2.05, 4.69) is 15.5 Å². The van der Waals surface area contributed by atoms with Crippen LogP contribution in [0.25, 0.3) is 11.3 Å². The molecule has 1 heterocycles. The first-order valence-corrected chi connectivity index (χ1v) is 10.0. The Morgan fingerprint density at radius 1 is 1.00 bits per heavy atom. The highest BCUT2D eigenvalue weighted by Gasteiger charge is 2.11. The van der Waals surface area contributed by atoms with Gasteiger partial charge in [0.1, 0.15) is 11.4 Å². The first-order valence-electron chi connectivity index (χ1n) is 9.14. The van der Waals surface area contributed by atoms with E-state index in [1.54, 1.807) is 20.4 Å². The number of anilines is 1. The van der Waals surface area contributed by atoms with Crippen molar-refractivity contribution in [3.63, 3.8) is 0 Å². The molecule has 0 atom stereocenters. The maximum atomic E-state index is 5.82. The number of hydrazone groups is 1. The Bertz CT molecular complexity index is 976. The summed E-state index contributed by atoms with van der Waals surface area (Å²) in [6, 6.07) is 13.5. The van der Waals surface area contributed by atoms with Crippen LogP contribution in [0.1, 0.15) is 26.3 Å². The Hall–Kier alpha value is -3.06. The zero-order chi connectivity index (χ0) is 20.9. The molecule has 3 aromatic rings. The number of methoxy groups -OCH3 is 2. The van der Waals surface area contributed by atoms with Crippen LogP contribution in [-0.2, 0) is 0 Å². The van der Waals surface area contributed by atoms with E-state index in [-0.39, 0.29) is 5.60 Å². The molecule has 3 rings (SSSR count). The maximum absolute atomic E-state index is 5.82. The van der Waals surface area contributed by atoms with E-state index in [1.165, 1.54) is 11.3 Å². The van der Waals surface area contributed by atoms with Gasteiger partial charge in [-0.1, -0.05) is 0 Å². The number of hydrogen-bond donors (Lipinski definition) is 1. The van der Waals surface area contributed by atoms with Gasteiger partial charge in [-0.05, 0) is 68.8 Å². The molecule has 0 radical (unpaired) electrons. The normalized spacial score (nSPS) is 11.5. The molecule has 0 spiro atoms. The molecule has 29 heavy (non-hydrogen) atoms. The number of hydrogen-bond acceptors (Lipinski definition) is 7. The van der Waals surface area contributed by atoms with Crippen LogP contribution in [0.15, 0.2) is 52.9 Å². The molecule has 2 aromatic carbocycles. The molecule has 1 aromatic heterocycles. The zero-order valence-electron chi connectivity index (χ0n) is 17.2. The number of nitrogens with one attached hydrogen (secondary N) is 1. The van der Waals surface area contributed by atoms with E-state index in [0.717, 1.165) is 22.6 Å². The van der Waals surface area contributed by atoms with E-state index in [1.807, 2.05) is 68.6 Å². The first kappa shape index (κ1) is 20.7. The highest BCUT2D eigenvalue weighted by Crippen LogP contribution is 2.33. The van der Waals surface area contributed by atoms with Crippen molar-refractivity contribution < 1.29 is 14.2 Å². The topological polar surface area (TPSA) is 65.0 Å². The van der Waals surface area contributed by atoms with Gasteiger partial charge >= 0.3 is 0 Å². The van der Waals surface area contributed by atoms with Gasteiger partial charge in [0, 0.05) is 10.9 Å². The van der Waals surface area contributed by atoms with Crippen molar-refractivity contribution in [3.05, 3.63) is 53.4 Å². The van der Waals surface area contributed by atoms with Crippen LogP contribution in [0.5, 0.6) is 17.2 Å². The van der Waals surface area contributed by atoms with E-state index in [9.17, 15) is 0 Å². The van der Waals surface area contributed by atoms with Gasteiger partial charge in [-0.25, -0.2) is 4.98 Å². The number of nitrogens with zero attached hydrogens (tertiary/aromatic N) is 2. The largest absolute Gasteiger partial charge is 0.493 e. The molecule has 0 unspecified atom stereocenters. The van der Waals surface area contributed by atoms with Crippen LogP contribution in [0.2, 0.25) is 0 Å². The summed E-state index contributed by atoms with van der Waals surface area (Å²) >= 11 is 1.48. The summed E-state index contributed by atoms with van der Waals surface area (Å²) in [4.78, 5) is 4.57. The molecule has 7 heteroatoms. The van der Waals surface area contributed by atoms with E-state index in [4.69, 9.17) is 14.2 Å². The Labute approximate surface area is 175 Å². The summed E-state index contributed by atoms with van der Waals surface area (Å²) in [7, 11) is 3.23. The lowest BCUT2D eigenvalue weighted by molar-refractivity contribution is 0.131. The lowest BCUT2D eigenvalue weighted by atomic mass is 10.1. The number of aromatic nitrogens is 1. The predicted octanol–water partition coefficient (Wildman–Crippen LogP) is 5.45. The SMILES string of the molecule is COc1ccc(-c2csc(N/N=C\c3ccc(OC(C)(C)C)cc3)n2)cc1OC. The second kappa shape index (κ2) is 8.96. The van der Waals surface area contributed by atoms with E-state index in [0.29, 0.717) is 16.6 Å². The van der Waals surface area contributed by atoms with Crippen LogP contribution in [0.4, 0.5) is 5.13 Å². The lowest BCUT2D eigenvalue weighted by Crippen LogP contribution is -2.22. The van der Waals surface area contributed by atoms with Gasteiger partial charge in [0.15, 0.2) is 11.5 Å². The quantitative estimate of drug-likeness (QED) is 0.414. The van der Waals surface area contributed by atoms with Crippen LogP contribution in [0, 0.1) is 0 Å². The summed E-state index contributed by atoms with van der Waals surface area (Å²) in [5.74, 6) is 2.19. The van der Waals surface area contributed by atoms with Crippen molar-refractivity contribution in [1.82, 2.24) is 4.98 Å². The van der Waals surface area contributed by atoms with Gasteiger partial charge in [-0.2, -0.15) is 5.10 Å². The van der Waals surface area contributed by atoms with Gasteiger partial charge in [-0.15, -0.1) is 11.3 Å². The Balaban J connectivity index is 1.63. The third kappa shape index (κ3) is 5.71. The van der Waals surface area contributed by atoms with Gasteiger partial charge in [0.05, 0.1) is 26.1 Å². The van der Waals surface area contributed by atoms with E-state index < -0.39 is 0 Å². The first-order chi connectivity index (χ1) is 13.9. The van der Waals surface area contributed by atoms with Crippen molar-refractivity contribution >= 4 is 22.7 Å². The molecule has 0 amide bonds.